The number of nitrogens with two attached hydrogens (primary N) is 1. The average molecular weight is 322 g/mol. The third kappa shape index (κ3) is 2.22. The van der Waals surface area contributed by atoms with Crippen molar-refractivity contribution in [2.45, 2.75) is 13.2 Å². The van der Waals surface area contributed by atoms with E-state index in [-0.39, 0.29) is 16.8 Å². The number of benzene rings is 1. The normalized spacial score (nSPS) is 13.0. The predicted molar refractivity (Wildman–Crippen MR) is 86.6 cm³/mol. The third-order valence-corrected chi connectivity index (χ3v) is 4.03. The van der Waals surface area contributed by atoms with Crippen LogP contribution in [0.4, 0.5) is 0 Å². The molecule has 3 N–H and O–H groups in total. The van der Waals surface area contributed by atoms with Crippen LogP contribution in [-0.4, -0.2) is 20.7 Å². The number of pyridine rings is 1. The SMILES string of the molecule is NC(=O)c1[nH]n(-c2ccccn2)c(=O)c1-c1ccc2c(c1)COC2. The molecule has 4 rings (SSSR count). The highest BCUT2D eigenvalue weighted by Crippen LogP contribution is 2.27. The Morgan fingerprint density at radius 3 is 2.79 bits per heavy atom. The molecule has 1 aromatic carbocycles. The molecule has 0 radical (unpaired) electrons. The van der Waals surface area contributed by atoms with Gasteiger partial charge in [0.1, 0.15) is 5.69 Å². The molecule has 0 unspecified atom stereocenters. The number of primary amides is 1. The molecule has 0 aliphatic carbocycles. The third-order valence-electron chi connectivity index (χ3n) is 4.03. The lowest BCUT2D eigenvalue weighted by Crippen LogP contribution is -2.16. The first-order valence-corrected chi connectivity index (χ1v) is 7.41. The van der Waals surface area contributed by atoms with Crippen LogP contribution < -0.4 is 11.3 Å². The van der Waals surface area contributed by atoms with Crippen LogP contribution in [0.3, 0.4) is 0 Å². The Balaban J connectivity index is 1.93. The van der Waals surface area contributed by atoms with E-state index in [0.717, 1.165) is 11.1 Å². The van der Waals surface area contributed by atoms with Crippen LogP contribution in [-0.2, 0) is 18.0 Å². The van der Waals surface area contributed by atoms with E-state index in [4.69, 9.17) is 10.5 Å². The van der Waals surface area contributed by atoms with Crippen LogP contribution in [0.1, 0.15) is 21.6 Å². The number of H-pyrrole nitrogens is 1. The number of nitrogens with zero attached hydrogens (tertiary/aromatic N) is 2. The number of rotatable bonds is 3. The second-order valence-electron chi connectivity index (χ2n) is 5.53. The van der Waals surface area contributed by atoms with Crippen molar-refractivity contribution in [3.05, 3.63) is 69.8 Å². The van der Waals surface area contributed by atoms with Gasteiger partial charge in [-0.15, -0.1) is 0 Å². The minimum absolute atomic E-state index is 0.0597. The van der Waals surface area contributed by atoms with Crippen LogP contribution >= 0.6 is 0 Å². The topological polar surface area (TPSA) is 103 Å². The van der Waals surface area contributed by atoms with Crippen molar-refractivity contribution in [2.75, 3.05) is 0 Å². The molecule has 1 amide bonds. The van der Waals surface area contributed by atoms with E-state index < -0.39 is 5.91 Å². The molecular weight excluding hydrogens is 308 g/mol. The molecule has 0 spiro atoms. The van der Waals surface area contributed by atoms with Gasteiger partial charge in [0.05, 0.1) is 18.8 Å². The van der Waals surface area contributed by atoms with Crippen molar-refractivity contribution in [3.63, 3.8) is 0 Å². The molecule has 3 aromatic rings. The zero-order chi connectivity index (χ0) is 16.7. The van der Waals surface area contributed by atoms with Crippen molar-refractivity contribution in [3.8, 4) is 16.9 Å². The first-order chi connectivity index (χ1) is 11.6. The summed E-state index contributed by atoms with van der Waals surface area (Å²) >= 11 is 0. The summed E-state index contributed by atoms with van der Waals surface area (Å²) in [7, 11) is 0. The fourth-order valence-electron chi connectivity index (χ4n) is 2.86. The Morgan fingerprint density at radius 2 is 2.04 bits per heavy atom. The maximum absolute atomic E-state index is 12.8. The van der Waals surface area contributed by atoms with E-state index in [2.05, 4.69) is 10.1 Å². The molecule has 2 aromatic heterocycles. The van der Waals surface area contributed by atoms with Gasteiger partial charge in [0.15, 0.2) is 5.82 Å². The van der Waals surface area contributed by atoms with Crippen molar-refractivity contribution >= 4 is 5.91 Å². The van der Waals surface area contributed by atoms with Crippen molar-refractivity contribution < 1.29 is 9.53 Å². The maximum atomic E-state index is 12.8. The Hall–Kier alpha value is -3.19. The highest BCUT2D eigenvalue weighted by molar-refractivity contribution is 5.97. The Morgan fingerprint density at radius 1 is 1.21 bits per heavy atom. The molecule has 7 heteroatoms. The number of amides is 1. The van der Waals surface area contributed by atoms with Crippen molar-refractivity contribution in [1.29, 1.82) is 0 Å². The summed E-state index contributed by atoms with van der Waals surface area (Å²) in [6.45, 7) is 1.05. The second kappa shape index (κ2) is 5.47. The van der Waals surface area contributed by atoms with Crippen molar-refractivity contribution in [2.24, 2.45) is 5.73 Å². The molecule has 120 valence electrons. The number of hydrogen-bond donors (Lipinski definition) is 2. The summed E-state index contributed by atoms with van der Waals surface area (Å²) in [6.07, 6.45) is 1.57. The fraction of sp³-hybridized carbons (Fsp3) is 0.118. The first-order valence-electron chi connectivity index (χ1n) is 7.41. The molecular formula is C17H14N4O3. The summed E-state index contributed by atoms with van der Waals surface area (Å²) in [5.74, 6) is -0.311. The van der Waals surface area contributed by atoms with Gasteiger partial charge in [0, 0.05) is 6.20 Å². The van der Waals surface area contributed by atoms with Gasteiger partial charge in [-0.2, -0.15) is 0 Å². The Kier molecular flexibility index (Phi) is 3.28. The van der Waals surface area contributed by atoms with Gasteiger partial charge in [0.2, 0.25) is 0 Å². The van der Waals surface area contributed by atoms with Crippen LogP contribution in [0.2, 0.25) is 0 Å². The van der Waals surface area contributed by atoms with Gasteiger partial charge < -0.3 is 10.5 Å². The minimum Gasteiger partial charge on any atom is -0.372 e. The molecule has 0 atom stereocenters. The van der Waals surface area contributed by atoms with Gasteiger partial charge in [-0.25, -0.2) is 9.67 Å². The van der Waals surface area contributed by atoms with Crippen LogP contribution in [0, 0.1) is 0 Å². The minimum atomic E-state index is -0.700. The zero-order valence-electron chi connectivity index (χ0n) is 12.7. The number of carbonyl (C=O) groups is 1. The molecule has 1 aliphatic heterocycles. The molecule has 0 saturated carbocycles. The Labute approximate surface area is 136 Å². The van der Waals surface area contributed by atoms with Gasteiger partial charge in [-0.3, -0.25) is 14.7 Å². The predicted octanol–water partition coefficient (Wildman–Crippen LogP) is 1.36. The summed E-state index contributed by atoms with van der Waals surface area (Å²) in [4.78, 5) is 28.8. The van der Waals surface area contributed by atoms with Gasteiger partial charge in [-0.05, 0) is 34.9 Å². The zero-order valence-corrected chi connectivity index (χ0v) is 12.7. The standard InChI is InChI=1S/C17H14N4O3/c18-16(22)15-14(10-4-5-11-8-24-9-12(11)7-10)17(23)21(20-15)13-3-1-2-6-19-13/h1-7,20H,8-9H2,(H2,18,22). The van der Waals surface area contributed by atoms with E-state index >= 15 is 0 Å². The van der Waals surface area contributed by atoms with E-state index in [9.17, 15) is 9.59 Å². The second-order valence-corrected chi connectivity index (χ2v) is 5.53. The highest BCUT2D eigenvalue weighted by atomic mass is 16.5. The largest absolute Gasteiger partial charge is 0.372 e. The van der Waals surface area contributed by atoms with E-state index in [0.29, 0.717) is 24.6 Å². The first kappa shape index (κ1) is 14.4. The molecule has 1 aliphatic rings. The highest BCUT2D eigenvalue weighted by Gasteiger charge is 2.22. The van der Waals surface area contributed by atoms with Crippen LogP contribution in [0.25, 0.3) is 16.9 Å². The van der Waals surface area contributed by atoms with Crippen LogP contribution in [0.5, 0.6) is 0 Å². The fourth-order valence-corrected chi connectivity index (χ4v) is 2.86. The number of nitrogens with one attached hydrogen (secondary N) is 1. The van der Waals surface area contributed by atoms with E-state index in [1.807, 2.05) is 12.1 Å². The van der Waals surface area contributed by atoms with E-state index in [1.165, 1.54) is 4.68 Å². The molecule has 0 bridgehead atoms. The number of aromatic nitrogens is 3. The average Bonchev–Trinajstić information content (AvgIpc) is 3.19. The summed E-state index contributed by atoms with van der Waals surface area (Å²) in [5.41, 5.74) is 8.10. The quantitative estimate of drug-likeness (QED) is 0.760. The Bertz CT molecular complexity index is 989. The van der Waals surface area contributed by atoms with Gasteiger partial charge in [0.25, 0.3) is 11.5 Å². The van der Waals surface area contributed by atoms with Crippen LogP contribution in [0.15, 0.2) is 47.4 Å². The number of fused-ring (bicyclic) bond motifs is 1. The number of carbonyl (C=O) groups excluding carboxylic acids is 1. The molecule has 0 fully saturated rings. The van der Waals surface area contributed by atoms with Gasteiger partial charge >= 0.3 is 0 Å². The lowest BCUT2D eigenvalue weighted by Gasteiger charge is -2.02. The van der Waals surface area contributed by atoms with Crippen molar-refractivity contribution in [1.82, 2.24) is 14.8 Å². The molecule has 7 nitrogen and oxygen atoms in total. The molecule has 3 heterocycles. The lowest BCUT2D eigenvalue weighted by atomic mass is 10.0. The maximum Gasteiger partial charge on any atom is 0.281 e. The monoisotopic (exact) mass is 322 g/mol. The summed E-state index contributed by atoms with van der Waals surface area (Å²) in [5, 5.41) is 2.77. The molecule has 24 heavy (non-hydrogen) atoms. The summed E-state index contributed by atoms with van der Waals surface area (Å²) in [6, 6.07) is 10.7. The lowest BCUT2D eigenvalue weighted by molar-refractivity contribution is 0.0996. The van der Waals surface area contributed by atoms with E-state index in [1.54, 1.807) is 30.5 Å². The number of hydrogen-bond acceptors (Lipinski definition) is 4. The van der Waals surface area contributed by atoms with Gasteiger partial charge in [-0.1, -0.05) is 18.2 Å². The smallest absolute Gasteiger partial charge is 0.281 e. The number of aromatic amines is 1. The summed E-state index contributed by atoms with van der Waals surface area (Å²) < 4.78 is 6.62. The molecule has 0 saturated heterocycles. The number of ether oxygens (including phenoxy) is 1.